The first kappa shape index (κ1) is 17.7. The second kappa shape index (κ2) is 6.33. The Balaban J connectivity index is 1.72. The van der Waals surface area contributed by atoms with Crippen molar-refractivity contribution in [3.8, 4) is 22.9 Å². The number of likely N-dealkylation sites (N-methyl/N-ethyl adjacent to an activating group) is 1. The molecule has 2 unspecified atom stereocenters. The van der Waals surface area contributed by atoms with Gasteiger partial charge < -0.3 is 15.2 Å². The molecule has 0 radical (unpaired) electrons. The molecule has 1 spiro atoms. The zero-order valence-corrected chi connectivity index (χ0v) is 16.0. The maximum Gasteiger partial charge on any atom is 0.262 e. The highest BCUT2D eigenvalue weighted by atomic mass is 16.5. The van der Waals surface area contributed by atoms with Gasteiger partial charge >= 0.3 is 0 Å². The Morgan fingerprint density at radius 3 is 2.86 bits per heavy atom. The fraction of sp³-hybridized carbons (Fsp3) is 0.318. The van der Waals surface area contributed by atoms with Crippen LogP contribution in [0.5, 0.6) is 5.75 Å². The Labute approximate surface area is 168 Å². The van der Waals surface area contributed by atoms with Gasteiger partial charge in [0, 0.05) is 19.0 Å². The lowest BCUT2D eigenvalue weighted by Gasteiger charge is -2.45. The van der Waals surface area contributed by atoms with Gasteiger partial charge in [0.15, 0.2) is 11.5 Å². The number of nitriles is 1. The van der Waals surface area contributed by atoms with Crippen LogP contribution >= 0.6 is 0 Å². The second-order valence-electron chi connectivity index (χ2n) is 7.63. The number of carbonyl (C=O) groups excluding carboxylic acids is 1. The van der Waals surface area contributed by atoms with Gasteiger partial charge in [-0.2, -0.15) is 5.26 Å². The summed E-state index contributed by atoms with van der Waals surface area (Å²) in [6.07, 6.45) is 0.542. The first-order chi connectivity index (χ1) is 14.0. The van der Waals surface area contributed by atoms with Crippen molar-refractivity contribution >= 4 is 11.9 Å². The van der Waals surface area contributed by atoms with E-state index in [1.54, 1.807) is 13.1 Å². The van der Waals surface area contributed by atoms with E-state index in [1.165, 1.54) is 4.90 Å². The third kappa shape index (κ3) is 2.46. The lowest BCUT2D eigenvalue weighted by atomic mass is 9.71. The lowest BCUT2D eigenvalue weighted by molar-refractivity contribution is -0.141. The summed E-state index contributed by atoms with van der Waals surface area (Å²) < 4.78 is 12.0. The van der Waals surface area contributed by atoms with Gasteiger partial charge in [-0.3, -0.25) is 9.69 Å². The normalized spacial score (nSPS) is 27.7. The van der Waals surface area contributed by atoms with Crippen molar-refractivity contribution in [3.05, 3.63) is 53.6 Å². The maximum atomic E-state index is 13.4. The number of amides is 1. The summed E-state index contributed by atoms with van der Waals surface area (Å²) in [5, 5.41) is 9.23. The third-order valence-corrected chi connectivity index (χ3v) is 6.09. The summed E-state index contributed by atoms with van der Waals surface area (Å²) in [5.74, 6) is 0.431. The average Bonchev–Trinajstić information content (AvgIpc) is 2.98. The third-order valence-electron chi connectivity index (χ3n) is 6.09. The van der Waals surface area contributed by atoms with E-state index in [1.807, 2.05) is 36.4 Å². The zero-order valence-electron chi connectivity index (χ0n) is 16.0. The van der Waals surface area contributed by atoms with Crippen LogP contribution in [-0.2, 0) is 15.1 Å². The molecule has 7 nitrogen and oxygen atoms in total. The molecule has 5 rings (SSSR count). The van der Waals surface area contributed by atoms with Crippen molar-refractivity contribution in [2.75, 3.05) is 20.3 Å². The Kier molecular flexibility index (Phi) is 3.86. The van der Waals surface area contributed by atoms with Gasteiger partial charge in [-0.05, 0) is 35.4 Å². The predicted octanol–water partition coefficient (Wildman–Crippen LogP) is 2.00. The van der Waals surface area contributed by atoms with E-state index in [2.05, 4.69) is 6.07 Å². The number of nitrogens with two attached hydrogens (primary N) is 1. The minimum atomic E-state index is -1.15. The summed E-state index contributed by atoms with van der Waals surface area (Å²) >= 11 is 0. The van der Waals surface area contributed by atoms with Crippen LogP contribution < -0.4 is 10.5 Å². The number of nitrogens with zero attached hydrogens (tertiary/aromatic N) is 3. The summed E-state index contributed by atoms with van der Waals surface area (Å²) in [6, 6.07) is 15.3. The highest BCUT2D eigenvalue weighted by molar-refractivity contribution is 6.07. The minimum absolute atomic E-state index is 0.156. The van der Waals surface area contributed by atoms with Gasteiger partial charge in [-0.1, -0.05) is 18.2 Å². The Bertz CT molecular complexity index is 1090. The Morgan fingerprint density at radius 2 is 2.10 bits per heavy atom. The molecule has 1 amide bonds. The van der Waals surface area contributed by atoms with Gasteiger partial charge in [0.05, 0.1) is 30.8 Å². The largest absolute Gasteiger partial charge is 0.489 e. The molecule has 146 valence electrons. The molecule has 7 heteroatoms. The van der Waals surface area contributed by atoms with E-state index in [-0.39, 0.29) is 23.9 Å². The van der Waals surface area contributed by atoms with Gasteiger partial charge in [0.2, 0.25) is 0 Å². The maximum absolute atomic E-state index is 13.4. The van der Waals surface area contributed by atoms with Gasteiger partial charge in [-0.15, -0.1) is 0 Å². The van der Waals surface area contributed by atoms with Crippen molar-refractivity contribution in [3.63, 3.8) is 0 Å². The topological polar surface area (TPSA) is 101 Å². The molecule has 2 N–H and O–H groups in total. The van der Waals surface area contributed by atoms with E-state index >= 15 is 0 Å². The number of hydrogen-bond acceptors (Lipinski definition) is 6. The monoisotopic (exact) mass is 388 g/mol. The number of rotatable bonds is 1. The van der Waals surface area contributed by atoms with Crippen LogP contribution in [0.3, 0.4) is 0 Å². The molecular weight excluding hydrogens is 368 g/mol. The summed E-state index contributed by atoms with van der Waals surface area (Å²) in [7, 11) is 1.64. The van der Waals surface area contributed by atoms with E-state index in [0.717, 1.165) is 11.1 Å². The van der Waals surface area contributed by atoms with Crippen LogP contribution in [0.25, 0.3) is 11.1 Å². The molecule has 3 atom stereocenters. The lowest BCUT2D eigenvalue weighted by Crippen LogP contribution is -2.56. The highest BCUT2D eigenvalue weighted by Crippen LogP contribution is 2.51. The summed E-state index contributed by atoms with van der Waals surface area (Å²) in [4.78, 5) is 19.5. The molecule has 3 aliphatic heterocycles. The molecule has 3 aliphatic rings. The second-order valence-corrected chi connectivity index (χ2v) is 7.63. The standard InChI is InChI=1S/C22H20N4O3/c1-26-20(27)22(25-21(26)24)16-10-15(14-4-2-3-13(9-14)11-23)5-6-18(16)29-19-7-8-28-12-17(19)22/h2-6,9-10,17,19H,7-8,12H2,1H3,(H2,24,25)/t17?,19?,22-/m0/s1. The molecule has 0 aliphatic carbocycles. The SMILES string of the molecule is CN1C(=O)[C@]2(N=C1N)c1cc(-c3cccc(C#N)c3)ccc1OC1CCOCC12. The smallest absolute Gasteiger partial charge is 0.262 e. The van der Waals surface area contributed by atoms with Crippen LogP contribution in [0, 0.1) is 17.2 Å². The molecule has 3 heterocycles. The number of aliphatic imine (C=N–C) groups is 1. The Hall–Kier alpha value is -3.37. The number of hydrogen-bond donors (Lipinski definition) is 1. The molecule has 0 saturated carbocycles. The van der Waals surface area contributed by atoms with Crippen LogP contribution in [0.2, 0.25) is 0 Å². The van der Waals surface area contributed by atoms with Crippen molar-refractivity contribution in [2.24, 2.45) is 16.6 Å². The van der Waals surface area contributed by atoms with Gasteiger partial charge in [0.25, 0.3) is 5.91 Å². The molecule has 29 heavy (non-hydrogen) atoms. The molecule has 2 aromatic carbocycles. The average molecular weight is 388 g/mol. The van der Waals surface area contributed by atoms with Crippen LogP contribution in [0.15, 0.2) is 47.5 Å². The molecule has 1 fully saturated rings. The number of benzene rings is 2. The zero-order chi connectivity index (χ0) is 20.2. The van der Waals surface area contributed by atoms with Gasteiger partial charge in [-0.25, -0.2) is 4.99 Å². The van der Waals surface area contributed by atoms with Gasteiger partial charge in [0.1, 0.15) is 11.9 Å². The fourth-order valence-corrected chi connectivity index (χ4v) is 4.57. The number of carbonyl (C=O) groups is 1. The molecule has 0 bridgehead atoms. The fourth-order valence-electron chi connectivity index (χ4n) is 4.57. The van der Waals surface area contributed by atoms with E-state index < -0.39 is 5.54 Å². The predicted molar refractivity (Wildman–Crippen MR) is 106 cm³/mol. The molecule has 1 saturated heterocycles. The molecule has 0 aromatic heterocycles. The quantitative estimate of drug-likeness (QED) is 0.805. The minimum Gasteiger partial charge on any atom is -0.489 e. The van der Waals surface area contributed by atoms with E-state index in [0.29, 0.717) is 36.5 Å². The molecule has 2 aromatic rings. The van der Waals surface area contributed by atoms with Crippen LogP contribution in [-0.4, -0.2) is 43.1 Å². The Morgan fingerprint density at radius 1 is 1.28 bits per heavy atom. The summed E-state index contributed by atoms with van der Waals surface area (Å²) in [5.41, 5.74) is 7.97. The van der Waals surface area contributed by atoms with E-state index in [4.69, 9.17) is 20.2 Å². The highest BCUT2D eigenvalue weighted by Gasteiger charge is 2.60. The van der Waals surface area contributed by atoms with E-state index in [9.17, 15) is 10.1 Å². The number of fused-ring (bicyclic) bond motifs is 4. The summed E-state index contributed by atoms with van der Waals surface area (Å²) in [6.45, 7) is 0.976. The van der Waals surface area contributed by atoms with Crippen molar-refractivity contribution < 1.29 is 14.3 Å². The van der Waals surface area contributed by atoms with Crippen LogP contribution in [0.4, 0.5) is 0 Å². The number of ether oxygens (including phenoxy) is 2. The van der Waals surface area contributed by atoms with Crippen molar-refractivity contribution in [1.29, 1.82) is 5.26 Å². The van der Waals surface area contributed by atoms with Crippen molar-refractivity contribution in [2.45, 2.75) is 18.1 Å². The number of guanidine groups is 1. The van der Waals surface area contributed by atoms with Crippen molar-refractivity contribution in [1.82, 2.24) is 4.90 Å². The first-order valence-electron chi connectivity index (χ1n) is 9.57. The first-order valence-corrected chi connectivity index (χ1v) is 9.57. The van der Waals surface area contributed by atoms with Crippen LogP contribution in [0.1, 0.15) is 17.5 Å². The molecular formula is C22H20N4O3.